The van der Waals surface area contributed by atoms with Crippen molar-refractivity contribution in [3.05, 3.63) is 95.1 Å². The molecule has 1 N–H and O–H groups in total. The Morgan fingerprint density at radius 3 is 2.21 bits per heavy atom. The Labute approximate surface area is 167 Å². The third kappa shape index (κ3) is 5.23. The van der Waals surface area contributed by atoms with Gasteiger partial charge in [0, 0.05) is 0 Å². The van der Waals surface area contributed by atoms with E-state index in [4.69, 9.17) is 9.94 Å². The van der Waals surface area contributed by atoms with Crippen molar-refractivity contribution < 1.29 is 23.1 Å². The van der Waals surface area contributed by atoms with Gasteiger partial charge in [-0.2, -0.15) is 13.2 Å². The zero-order chi connectivity index (χ0) is 20.9. The lowest BCUT2D eigenvalue weighted by Crippen LogP contribution is -2.08. The van der Waals surface area contributed by atoms with E-state index in [2.05, 4.69) is 5.16 Å². The van der Waals surface area contributed by atoms with Gasteiger partial charge >= 0.3 is 6.18 Å². The van der Waals surface area contributed by atoms with Gasteiger partial charge in [-0.15, -0.1) is 0 Å². The van der Waals surface area contributed by atoms with E-state index in [1.54, 1.807) is 67.6 Å². The van der Waals surface area contributed by atoms with Gasteiger partial charge in [0.15, 0.2) is 0 Å². The molecular formula is C23H20F3NO2. The predicted molar refractivity (Wildman–Crippen MR) is 106 cm³/mol. The SMILES string of the molecule is CC(=NOCc1ccc(-c2ccccc2)c(C(F)(F)F)c1)c1ccc(CO)cc1. The van der Waals surface area contributed by atoms with Crippen molar-refractivity contribution in [3.8, 4) is 11.1 Å². The van der Waals surface area contributed by atoms with Crippen LogP contribution in [0.3, 0.4) is 0 Å². The summed E-state index contributed by atoms with van der Waals surface area (Å²) in [5.41, 5.74) is 2.48. The first-order valence-corrected chi connectivity index (χ1v) is 9.01. The molecule has 0 aliphatic rings. The number of oxime groups is 1. The van der Waals surface area contributed by atoms with E-state index in [0.29, 0.717) is 16.8 Å². The van der Waals surface area contributed by atoms with Crippen LogP contribution in [0, 0.1) is 0 Å². The van der Waals surface area contributed by atoms with Gasteiger partial charge in [0.1, 0.15) is 6.61 Å². The monoisotopic (exact) mass is 399 g/mol. The number of benzene rings is 3. The molecule has 3 aromatic carbocycles. The maximum absolute atomic E-state index is 13.6. The number of hydrogen-bond donors (Lipinski definition) is 1. The Bertz CT molecular complexity index is 981. The Morgan fingerprint density at radius 1 is 0.931 bits per heavy atom. The fourth-order valence-corrected chi connectivity index (χ4v) is 2.89. The second kappa shape index (κ2) is 8.92. The Morgan fingerprint density at radius 2 is 1.59 bits per heavy atom. The van der Waals surface area contributed by atoms with Crippen molar-refractivity contribution >= 4 is 5.71 Å². The smallest absolute Gasteiger partial charge is 0.392 e. The Balaban J connectivity index is 1.77. The zero-order valence-electron chi connectivity index (χ0n) is 15.8. The third-order valence-electron chi connectivity index (χ3n) is 4.46. The predicted octanol–water partition coefficient (Wildman–Crippen LogP) is 5.81. The van der Waals surface area contributed by atoms with Crippen LogP contribution in [-0.2, 0) is 24.2 Å². The summed E-state index contributed by atoms with van der Waals surface area (Å²) in [4.78, 5) is 5.28. The van der Waals surface area contributed by atoms with Crippen LogP contribution in [0.15, 0.2) is 78.0 Å². The number of hydrogen-bond acceptors (Lipinski definition) is 3. The van der Waals surface area contributed by atoms with Crippen LogP contribution in [0.1, 0.15) is 29.2 Å². The third-order valence-corrected chi connectivity index (χ3v) is 4.46. The van der Waals surface area contributed by atoms with Crippen LogP contribution < -0.4 is 0 Å². The molecule has 0 fully saturated rings. The molecule has 3 nitrogen and oxygen atoms in total. The summed E-state index contributed by atoms with van der Waals surface area (Å²) in [7, 11) is 0. The highest BCUT2D eigenvalue weighted by Gasteiger charge is 2.34. The van der Waals surface area contributed by atoms with E-state index >= 15 is 0 Å². The first kappa shape index (κ1) is 20.6. The van der Waals surface area contributed by atoms with Crippen LogP contribution in [0.25, 0.3) is 11.1 Å². The fraction of sp³-hybridized carbons (Fsp3) is 0.174. The summed E-state index contributed by atoms with van der Waals surface area (Å²) in [6, 6.07) is 19.8. The standard InChI is InChI=1S/C23H20F3NO2/c1-16(19-10-7-17(14-28)8-11-19)27-29-15-18-9-12-21(20-5-3-2-4-6-20)22(13-18)23(24,25)26/h2-13,28H,14-15H2,1H3. The lowest BCUT2D eigenvalue weighted by atomic mass is 9.97. The Hall–Kier alpha value is -3.12. The van der Waals surface area contributed by atoms with Crippen molar-refractivity contribution in [1.29, 1.82) is 0 Å². The van der Waals surface area contributed by atoms with Gasteiger partial charge in [0.25, 0.3) is 0 Å². The van der Waals surface area contributed by atoms with E-state index in [1.165, 1.54) is 6.07 Å². The van der Waals surface area contributed by atoms with Crippen LogP contribution in [-0.4, -0.2) is 10.8 Å². The summed E-state index contributed by atoms with van der Waals surface area (Å²) < 4.78 is 40.7. The molecule has 0 atom stereocenters. The minimum Gasteiger partial charge on any atom is -0.392 e. The van der Waals surface area contributed by atoms with Crippen LogP contribution in [0.5, 0.6) is 0 Å². The molecule has 0 saturated carbocycles. The normalized spacial score (nSPS) is 12.1. The molecule has 0 spiro atoms. The molecule has 0 unspecified atom stereocenters. The second-order valence-corrected chi connectivity index (χ2v) is 6.55. The van der Waals surface area contributed by atoms with Gasteiger partial charge in [-0.25, -0.2) is 0 Å². The van der Waals surface area contributed by atoms with Crippen LogP contribution in [0.2, 0.25) is 0 Å². The summed E-state index contributed by atoms with van der Waals surface area (Å²) in [5, 5.41) is 13.1. The molecule has 0 saturated heterocycles. The van der Waals surface area contributed by atoms with Gasteiger partial charge < -0.3 is 9.94 Å². The number of rotatable bonds is 6. The number of alkyl halides is 3. The van der Waals surface area contributed by atoms with Gasteiger partial charge in [0.2, 0.25) is 0 Å². The van der Waals surface area contributed by atoms with E-state index < -0.39 is 11.7 Å². The van der Waals surface area contributed by atoms with Crippen molar-refractivity contribution in [3.63, 3.8) is 0 Å². The van der Waals surface area contributed by atoms with Crippen molar-refractivity contribution in [1.82, 2.24) is 0 Å². The topological polar surface area (TPSA) is 41.8 Å². The molecule has 0 radical (unpaired) electrons. The van der Waals surface area contributed by atoms with E-state index in [9.17, 15) is 13.2 Å². The second-order valence-electron chi connectivity index (χ2n) is 6.55. The van der Waals surface area contributed by atoms with Gasteiger partial charge in [0.05, 0.1) is 17.9 Å². The molecule has 0 aromatic heterocycles. The van der Waals surface area contributed by atoms with Crippen LogP contribution in [0.4, 0.5) is 13.2 Å². The summed E-state index contributed by atoms with van der Waals surface area (Å²) in [6.07, 6.45) is -4.48. The molecule has 29 heavy (non-hydrogen) atoms. The minimum atomic E-state index is -4.48. The van der Waals surface area contributed by atoms with Crippen molar-refractivity contribution in [2.45, 2.75) is 26.3 Å². The zero-order valence-corrected chi connectivity index (χ0v) is 15.8. The average Bonchev–Trinajstić information content (AvgIpc) is 2.73. The Kier molecular flexibility index (Phi) is 6.34. The molecule has 0 aliphatic heterocycles. The molecule has 0 amide bonds. The van der Waals surface area contributed by atoms with Gasteiger partial charge in [-0.05, 0) is 40.8 Å². The average molecular weight is 399 g/mol. The van der Waals surface area contributed by atoms with Crippen molar-refractivity contribution in [2.75, 3.05) is 0 Å². The van der Waals surface area contributed by atoms with Gasteiger partial charge in [-0.1, -0.05) is 71.9 Å². The highest BCUT2D eigenvalue weighted by Crippen LogP contribution is 2.37. The summed E-state index contributed by atoms with van der Waals surface area (Å²) in [6.45, 7) is 1.62. The van der Waals surface area contributed by atoms with E-state index in [1.807, 2.05) is 0 Å². The molecular weight excluding hydrogens is 379 g/mol. The first-order chi connectivity index (χ1) is 13.9. The highest BCUT2D eigenvalue weighted by atomic mass is 19.4. The first-order valence-electron chi connectivity index (χ1n) is 9.01. The number of aliphatic hydroxyl groups is 1. The molecule has 150 valence electrons. The van der Waals surface area contributed by atoms with E-state index in [-0.39, 0.29) is 18.8 Å². The summed E-state index contributed by atoms with van der Waals surface area (Å²) in [5.74, 6) is 0. The molecule has 0 aliphatic carbocycles. The van der Waals surface area contributed by atoms with Crippen molar-refractivity contribution in [2.24, 2.45) is 5.16 Å². The van der Waals surface area contributed by atoms with Gasteiger partial charge in [-0.3, -0.25) is 0 Å². The molecule has 3 rings (SSSR count). The molecule has 0 bridgehead atoms. The lowest BCUT2D eigenvalue weighted by Gasteiger charge is -2.14. The number of halogens is 3. The van der Waals surface area contributed by atoms with E-state index in [0.717, 1.165) is 17.2 Å². The fourth-order valence-electron chi connectivity index (χ4n) is 2.89. The quantitative estimate of drug-likeness (QED) is 0.420. The minimum absolute atomic E-state index is 0.0481. The maximum Gasteiger partial charge on any atom is 0.417 e. The number of aliphatic hydroxyl groups excluding tert-OH is 1. The largest absolute Gasteiger partial charge is 0.417 e. The molecule has 0 heterocycles. The lowest BCUT2D eigenvalue weighted by molar-refractivity contribution is -0.137. The van der Waals surface area contributed by atoms with Crippen LogP contribution >= 0.6 is 0 Å². The molecule has 3 aromatic rings. The maximum atomic E-state index is 13.6. The molecule has 6 heteroatoms. The number of nitrogens with zero attached hydrogens (tertiary/aromatic N) is 1. The summed E-state index contributed by atoms with van der Waals surface area (Å²) >= 11 is 0. The highest BCUT2D eigenvalue weighted by molar-refractivity contribution is 5.98.